The summed E-state index contributed by atoms with van der Waals surface area (Å²) in [6.45, 7) is 6.67. The van der Waals surface area contributed by atoms with E-state index in [1.165, 1.54) is 12.8 Å². The smallest absolute Gasteiger partial charge is 0.245 e. The zero-order valence-corrected chi connectivity index (χ0v) is 17.8. The van der Waals surface area contributed by atoms with Crippen molar-refractivity contribution >= 4 is 24.2 Å². The van der Waals surface area contributed by atoms with Gasteiger partial charge >= 0.3 is 0 Å². The van der Waals surface area contributed by atoms with Crippen LogP contribution in [0.15, 0.2) is 30.3 Å². The second-order valence-electron chi connectivity index (χ2n) is 8.40. The van der Waals surface area contributed by atoms with Gasteiger partial charge < -0.3 is 15.5 Å². The van der Waals surface area contributed by atoms with Crippen LogP contribution in [0, 0.1) is 11.8 Å². The fourth-order valence-corrected chi connectivity index (χ4v) is 3.68. The molecule has 156 valence electrons. The summed E-state index contributed by atoms with van der Waals surface area (Å²) in [5, 5.41) is 6.62. The second kappa shape index (κ2) is 10.8. The van der Waals surface area contributed by atoms with Crippen molar-refractivity contribution < 1.29 is 9.59 Å². The number of carbonyl (C=O) groups is 2. The van der Waals surface area contributed by atoms with Crippen LogP contribution in [0.5, 0.6) is 0 Å². The van der Waals surface area contributed by atoms with Crippen LogP contribution in [0.25, 0.3) is 0 Å². The van der Waals surface area contributed by atoms with Gasteiger partial charge in [0.1, 0.15) is 6.04 Å². The summed E-state index contributed by atoms with van der Waals surface area (Å²) in [4.78, 5) is 27.4. The maximum Gasteiger partial charge on any atom is 0.245 e. The molecular weight excluding hydrogens is 374 g/mol. The minimum Gasteiger partial charge on any atom is -0.344 e. The molecule has 1 unspecified atom stereocenters. The number of hydrogen-bond donors (Lipinski definition) is 2. The first-order valence-electron chi connectivity index (χ1n) is 10.4. The Kier molecular flexibility index (Phi) is 8.77. The maximum absolute atomic E-state index is 13.0. The lowest BCUT2D eigenvalue weighted by atomic mass is 9.99. The van der Waals surface area contributed by atoms with Crippen LogP contribution in [0.4, 0.5) is 0 Å². The molecule has 1 aromatic carbocycles. The summed E-state index contributed by atoms with van der Waals surface area (Å²) in [6.07, 6.45) is 5.04. The van der Waals surface area contributed by atoms with Gasteiger partial charge in [-0.2, -0.15) is 0 Å². The molecule has 1 atom stereocenters. The number of likely N-dealkylation sites (tertiary alicyclic amines) is 1. The highest BCUT2D eigenvalue weighted by Gasteiger charge is 2.31. The molecule has 3 rings (SSSR count). The largest absolute Gasteiger partial charge is 0.344 e. The molecule has 2 fully saturated rings. The number of rotatable bonds is 8. The van der Waals surface area contributed by atoms with E-state index in [9.17, 15) is 9.59 Å². The summed E-state index contributed by atoms with van der Waals surface area (Å²) in [7, 11) is 0. The van der Waals surface area contributed by atoms with Gasteiger partial charge in [0.2, 0.25) is 11.8 Å². The number of carbonyl (C=O) groups excluding carboxylic acids is 2. The molecule has 0 radical (unpaired) electrons. The molecule has 6 heteroatoms. The van der Waals surface area contributed by atoms with E-state index >= 15 is 0 Å². The molecule has 1 heterocycles. The summed E-state index contributed by atoms with van der Waals surface area (Å²) in [5.41, 5.74) is 0.965. The van der Waals surface area contributed by atoms with Crippen LogP contribution >= 0.6 is 12.4 Å². The van der Waals surface area contributed by atoms with Crippen LogP contribution in [0.2, 0.25) is 0 Å². The molecule has 1 aliphatic heterocycles. The zero-order chi connectivity index (χ0) is 19.2. The van der Waals surface area contributed by atoms with E-state index in [4.69, 9.17) is 0 Å². The van der Waals surface area contributed by atoms with Crippen LogP contribution in [0.3, 0.4) is 0 Å². The average molecular weight is 408 g/mol. The molecule has 28 heavy (non-hydrogen) atoms. The Balaban J connectivity index is 0.00000280. The molecule has 0 spiro atoms. The monoisotopic (exact) mass is 407 g/mol. The Morgan fingerprint density at radius 2 is 1.71 bits per heavy atom. The quantitative estimate of drug-likeness (QED) is 0.696. The van der Waals surface area contributed by atoms with E-state index < -0.39 is 6.04 Å². The topological polar surface area (TPSA) is 61.4 Å². The number of nitrogens with one attached hydrogen (secondary N) is 2. The first kappa shape index (κ1) is 22.7. The number of halogens is 1. The van der Waals surface area contributed by atoms with Crippen molar-refractivity contribution in [3.05, 3.63) is 35.9 Å². The molecule has 1 aliphatic carbocycles. The highest BCUT2D eigenvalue weighted by atomic mass is 35.5. The van der Waals surface area contributed by atoms with E-state index in [1.807, 2.05) is 49.1 Å². The number of amides is 2. The third-order valence-corrected chi connectivity index (χ3v) is 5.66. The van der Waals surface area contributed by atoms with E-state index in [0.29, 0.717) is 12.5 Å². The van der Waals surface area contributed by atoms with Crippen molar-refractivity contribution in [2.75, 3.05) is 19.6 Å². The zero-order valence-electron chi connectivity index (χ0n) is 17.0. The predicted molar refractivity (Wildman–Crippen MR) is 114 cm³/mol. The van der Waals surface area contributed by atoms with E-state index in [2.05, 4.69) is 10.6 Å². The van der Waals surface area contributed by atoms with Crippen molar-refractivity contribution in [2.45, 2.75) is 58.0 Å². The Morgan fingerprint density at radius 3 is 2.29 bits per heavy atom. The van der Waals surface area contributed by atoms with Gasteiger partial charge in [0, 0.05) is 19.1 Å². The molecule has 2 aliphatic rings. The van der Waals surface area contributed by atoms with E-state index in [0.717, 1.165) is 44.0 Å². The molecule has 2 N–H and O–H groups in total. The SMILES string of the molecule is CC(C)C(NC(=O)Cc1ccccc1)C(=O)N1CCC(NCC2CC2)CC1.Cl. The molecule has 0 bridgehead atoms. The Hall–Kier alpha value is -1.59. The number of nitrogens with zero attached hydrogens (tertiary/aromatic N) is 1. The third kappa shape index (κ3) is 6.78. The first-order valence-corrected chi connectivity index (χ1v) is 10.4. The molecule has 1 saturated heterocycles. The van der Waals surface area contributed by atoms with Crippen molar-refractivity contribution in [3.63, 3.8) is 0 Å². The fraction of sp³-hybridized carbons (Fsp3) is 0.636. The predicted octanol–water partition coefficient (Wildman–Crippen LogP) is 2.78. The normalized spacial score (nSPS) is 18.5. The van der Waals surface area contributed by atoms with Crippen LogP contribution < -0.4 is 10.6 Å². The molecular formula is C22H34ClN3O2. The van der Waals surface area contributed by atoms with Gasteiger partial charge in [-0.25, -0.2) is 0 Å². The molecule has 1 saturated carbocycles. The van der Waals surface area contributed by atoms with Crippen LogP contribution in [-0.4, -0.2) is 48.4 Å². The average Bonchev–Trinajstić information content (AvgIpc) is 3.49. The standard InChI is InChI=1S/C22H33N3O2.ClH/c1-16(2)21(24-20(26)14-17-6-4-3-5-7-17)22(27)25-12-10-19(11-13-25)23-15-18-8-9-18;/h3-7,16,18-19,21,23H,8-15H2,1-2H3,(H,24,26);1H. The van der Waals surface area contributed by atoms with Gasteiger partial charge in [-0.3, -0.25) is 9.59 Å². The number of piperidine rings is 1. The minimum absolute atomic E-state index is 0. The maximum atomic E-state index is 13.0. The van der Waals surface area contributed by atoms with Gasteiger partial charge in [-0.15, -0.1) is 12.4 Å². The lowest BCUT2D eigenvalue weighted by Gasteiger charge is -2.35. The minimum atomic E-state index is -0.447. The van der Waals surface area contributed by atoms with Gasteiger partial charge in [0.15, 0.2) is 0 Å². The molecule has 5 nitrogen and oxygen atoms in total. The molecule has 2 amide bonds. The Bertz CT molecular complexity index is 626. The van der Waals surface area contributed by atoms with Gasteiger partial charge in [-0.05, 0) is 49.6 Å². The summed E-state index contributed by atoms with van der Waals surface area (Å²) < 4.78 is 0. The highest BCUT2D eigenvalue weighted by molar-refractivity contribution is 5.88. The van der Waals surface area contributed by atoms with E-state index in [1.54, 1.807) is 0 Å². The van der Waals surface area contributed by atoms with E-state index in [-0.39, 0.29) is 30.1 Å². The van der Waals surface area contributed by atoms with Crippen molar-refractivity contribution in [1.29, 1.82) is 0 Å². The third-order valence-electron chi connectivity index (χ3n) is 5.66. The summed E-state index contributed by atoms with van der Waals surface area (Å²) in [5.74, 6) is 0.930. The van der Waals surface area contributed by atoms with Gasteiger partial charge in [-0.1, -0.05) is 44.2 Å². The Labute approximate surface area is 175 Å². The van der Waals surface area contributed by atoms with Crippen molar-refractivity contribution in [3.8, 4) is 0 Å². The number of benzene rings is 1. The van der Waals surface area contributed by atoms with Gasteiger partial charge in [0.25, 0.3) is 0 Å². The first-order chi connectivity index (χ1) is 13.0. The summed E-state index contributed by atoms with van der Waals surface area (Å²) >= 11 is 0. The molecule has 0 aromatic heterocycles. The lowest BCUT2D eigenvalue weighted by Crippen LogP contribution is -2.54. The van der Waals surface area contributed by atoms with Crippen LogP contribution in [-0.2, 0) is 16.0 Å². The van der Waals surface area contributed by atoms with Crippen molar-refractivity contribution in [1.82, 2.24) is 15.5 Å². The van der Waals surface area contributed by atoms with Crippen molar-refractivity contribution in [2.24, 2.45) is 11.8 Å². The fourth-order valence-electron chi connectivity index (χ4n) is 3.68. The number of hydrogen-bond acceptors (Lipinski definition) is 3. The van der Waals surface area contributed by atoms with Gasteiger partial charge in [0.05, 0.1) is 6.42 Å². The second-order valence-corrected chi connectivity index (χ2v) is 8.40. The lowest BCUT2D eigenvalue weighted by molar-refractivity contribution is -0.138. The summed E-state index contributed by atoms with van der Waals surface area (Å²) in [6, 6.07) is 9.74. The Morgan fingerprint density at radius 1 is 1.07 bits per heavy atom. The molecule has 1 aromatic rings. The highest BCUT2D eigenvalue weighted by Crippen LogP contribution is 2.28. The van der Waals surface area contributed by atoms with Crippen LogP contribution in [0.1, 0.15) is 45.1 Å².